The maximum atomic E-state index is 13.7. The van der Waals surface area contributed by atoms with Gasteiger partial charge in [0.1, 0.15) is 11.9 Å². The van der Waals surface area contributed by atoms with E-state index in [-0.39, 0.29) is 30.6 Å². The number of amides is 2. The zero-order valence-electron chi connectivity index (χ0n) is 20.0. The highest BCUT2D eigenvalue weighted by atomic mass is 19.1. The molecule has 3 aromatic rings. The van der Waals surface area contributed by atoms with Crippen LogP contribution in [0.15, 0.2) is 78.9 Å². The largest absolute Gasteiger partial charge is 0.354 e. The first kappa shape index (κ1) is 25.2. The lowest BCUT2D eigenvalue weighted by Gasteiger charge is -2.32. The molecule has 1 atom stereocenters. The van der Waals surface area contributed by atoms with E-state index in [2.05, 4.69) is 12.2 Å². The zero-order chi connectivity index (χ0) is 24.3. The summed E-state index contributed by atoms with van der Waals surface area (Å²) >= 11 is 0. The summed E-state index contributed by atoms with van der Waals surface area (Å²) in [4.78, 5) is 28.7. The Hall–Kier alpha value is -3.47. The molecule has 178 valence electrons. The van der Waals surface area contributed by atoms with Gasteiger partial charge in [-0.3, -0.25) is 9.59 Å². The number of halogens is 1. The molecular weight excluding hydrogens is 427 g/mol. The van der Waals surface area contributed by atoms with E-state index in [1.165, 1.54) is 12.1 Å². The van der Waals surface area contributed by atoms with Crippen LogP contribution in [0.4, 0.5) is 4.39 Å². The van der Waals surface area contributed by atoms with Crippen LogP contribution in [-0.2, 0) is 29.0 Å². The number of aryl methyl sites for hydroxylation is 1. The highest BCUT2D eigenvalue weighted by Gasteiger charge is 2.30. The van der Waals surface area contributed by atoms with Crippen LogP contribution in [0.5, 0.6) is 0 Å². The van der Waals surface area contributed by atoms with Crippen molar-refractivity contribution in [2.24, 2.45) is 0 Å². The van der Waals surface area contributed by atoms with Gasteiger partial charge in [0.15, 0.2) is 0 Å². The first-order chi connectivity index (χ1) is 16.5. The van der Waals surface area contributed by atoms with Crippen LogP contribution in [-0.4, -0.2) is 29.3 Å². The number of nitrogens with one attached hydrogen (secondary N) is 1. The van der Waals surface area contributed by atoms with Crippen molar-refractivity contribution in [1.29, 1.82) is 0 Å². The summed E-state index contributed by atoms with van der Waals surface area (Å²) in [7, 11) is 0. The number of carbonyl (C=O) groups excluding carboxylic acids is 2. The van der Waals surface area contributed by atoms with E-state index < -0.39 is 6.04 Å². The Morgan fingerprint density at radius 1 is 0.912 bits per heavy atom. The van der Waals surface area contributed by atoms with Gasteiger partial charge in [0, 0.05) is 19.5 Å². The Morgan fingerprint density at radius 2 is 1.59 bits per heavy atom. The first-order valence-electron chi connectivity index (χ1n) is 11.9. The summed E-state index contributed by atoms with van der Waals surface area (Å²) in [5.74, 6) is -0.637. The van der Waals surface area contributed by atoms with Crippen molar-refractivity contribution in [2.75, 3.05) is 6.54 Å². The zero-order valence-corrected chi connectivity index (χ0v) is 20.0. The van der Waals surface area contributed by atoms with E-state index in [1.54, 1.807) is 17.0 Å². The number of unbranched alkanes of at least 4 members (excludes halogenated alkanes) is 1. The van der Waals surface area contributed by atoms with E-state index >= 15 is 0 Å². The van der Waals surface area contributed by atoms with Gasteiger partial charge in [0.05, 0.1) is 6.42 Å². The monoisotopic (exact) mass is 460 g/mol. The molecule has 34 heavy (non-hydrogen) atoms. The smallest absolute Gasteiger partial charge is 0.243 e. The Balaban J connectivity index is 1.94. The molecule has 0 aliphatic rings. The Bertz CT molecular complexity index is 1070. The van der Waals surface area contributed by atoms with Gasteiger partial charge in [-0.2, -0.15) is 0 Å². The van der Waals surface area contributed by atoms with Crippen molar-refractivity contribution in [3.8, 4) is 0 Å². The van der Waals surface area contributed by atoms with E-state index in [9.17, 15) is 14.0 Å². The minimum absolute atomic E-state index is 0.134. The minimum atomic E-state index is -0.680. The highest BCUT2D eigenvalue weighted by molar-refractivity contribution is 5.89. The van der Waals surface area contributed by atoms with Gasteiger partial charge in [-0.25, -0.2) is 4.39 Å². The molecule has 0 saturated heterocycles. The molecule has 5 heteroatoms. The molecular formula is C29H33FN2O2. The van der Waals surface area contributed by atoms with Crippen LogP contribution in [0.2, 0.25) is 0 Å². The normalized spacial score (nSPS) is 11.6. The second-order valence-electron chi connectivity index (χ2n) is 8.60. The molecule has 0 saturated carbocycles. The van der Waals surface area contributed by atoms with Crippen molar-refractivity contribution in [3.63, 3.8) is 0 Å². The number of carbonyl (C=O) groups is 2. The van der Waals surface area contributed by atoms with Crippen LogP contribution >= 0.6 is 0 Å². The molecule has 3 aromatic carbocycles. The third-order valence-corrected chi connectivity index (χ3v) is 5.97. The second kappa shape index (κ2) is 12.7. The van der Waals surface area contributed by atoms with Crippen LogP contribution < -0.4 is 5.32 Å². The van der Waals surface area contributed by atoms with Crippen molar-refractivity contribution >= 4 is 11.8 Å². The standard InChI is InChI=1S/C29H33FN2O2/c1-3-4-18-31-29(34)27(19-23-11-6-5-7-12-23)32(21-24-14-16-26(30)17-15-24)28(33)20-25-13-9-8-10-22(25)2/h5-17,27H,3-4,18-21H2,1-2H3,(H,31,34)/t27-/m1/s1. The lowest BCUT2D eigenvalue weighted by Crippen LogP contribution is -2.51. The van der Waals surface area contributed by atoms with Gasteiger partial charge < -0.3 is 10.2 Å². The average molecular weight is 461 g/mol. The third-order valence-electron chi connectivity index (χ3n) is 5.97. The summed E-state index contributed by atoms with van der Waals surface area (Å²) < 4.78 is 13.5. The molecule has 3 rings (SSSR count). The molecule has 0 aliphatic heterocycles. The van der Waals surface area contributed by atoms with Crippen molar-refractivity contribution < 1.29 is 14.0 Å². The van der Waals surface area contributed by atoms with Gasteiger partial charge in [-0.15, -0.1) is 0 Å². The molecule has 2 amide bonds. The first-order valence-corrected chi connectivity index (χ1v) is 11.9. The maximum Gasteiger partial charge on any atom is 0.243 e. The van der Waals surface area contributed by atoms with Crippen LogP contribution in [0, 0.1) is 12.7 Å². The molecule has 0 aromatic heterocycles. The third kappa shape index (κ3) is 7.27. The van der Waals surface area contributed by atoms with Crippen LogP contribution in [0.25, 0.3) is 0 Å². The molecule has 0 unspecified atom stereocenters. The predicted octanol–water partition coefficient (Wildman–Crippen LogP) is 5.23. The number of nitrogens with zero attached hydrogens (tertiary/aromatic N) is 1. The second-order valence-corrected chi connectivity index (χ2v) is 8.60. The van der Waals surface area contributed by atoms with Gasteiger partial charge in [0.2, 0.25) is 11.8 Å². The lowest BCUT2D eigenvalue weighted by molar-refractivity contribution is -0.140. The fourth-order valence-electron chi connectivity index (χ4n) is 3.92. The maximum absolute atomic E-state index is 13.7. The molecule has 0 aliphatic carbocycles. The number of rotatable bonds is 11. The molecule has 1 N–H and O–H groups in total. The number of hydrogen-bond donors (Lipinski definition) is 1. The summed E-state index contributed by atoms with van der Waals surface area (Å²) in [5, 5.41) is 3.02. The molecule has 0 fully saturated rings. The quantitative estimate of drug-likeness (QED) is 0.398. The van der Waals surface area contributed by atoms with Gasteiger partial charge in [0.25, 0.3) is 0 Å². The van der Waals surface area contributed by atoms with Crippen molar-refractivity contribution in [1.82, 2.24) is 10.2 Å². The lowest BCUT2D eigenvalue weighted by atomic mass is 10.00. The molecule has 0 radical (unpaired) electrons. The topological polar surface area (TPSA) is 49.4 Å². The summed E-state index contributed by atoms with van der Waals surface area (Å²) in [6.07, 6.45) is 2.44. The van der Waals surface area contributed by atoms with Gasteiger partial charge in [-0.1, -0.05) is 80.1 Å². The number of benzene rings is 3. The number of hydrogen-bond acceptors (Lipinski definition) is 2. The van der Waals surface area contributed by atoms with Crippen LogP contribution in [0.1, 0.15) is 42.0 Å². The van der Waals surface area contributed by atoms with E-state index in [4.69, 9.17) is 0 Å². The highest BCUT2D eigenvalue weighted by Crippen LogP contribution is 2.18. The van der Waals surface area contributed by atoms with E-state index in [0.29, 0.717) is 13.0 Å². The Kier molecular flexibility index (Phi) is 9.39. The fourth-order valence-corrected chi connectivity index (χ4v) is 3.92. The molecule has 4 nitrogen and oxygen atoms in total. The summed E-state index contributed by atoms with van der Waals surface area (Å²) in [5.41, 5.74) is 3.72. The van der Waals surface area contributed by atoms with Crippen molar-refractivity contribution in [2.45, 2.75) is 52.1 Å². The molecule has 0 spiro atoms. The van der Waals surface area contributed by atoms with E-state index in [0.717, 1.165) is 35.1 Å². The minimum Gasteiger partial charge on any atom is -0.354 e. The van der Waals surface area contributed by atoms with Gasteiger partial charge >= 0.3 is 0 Å². The molecule has 0 heterocycles. The van der Waals surface area contributed by atoms with Crippen LogP contribution in [0.3, 0.4) is 0 Å². The van der Waals surface area contributed by atoms with E-state index in [1.807, 2.05) is 61.5 Å². The fraction of sp³-hybridized carbons (Fsp3) is 0.310. The average Bonchev–Trinajstić information content (AvgIpc) is 2.84. The summed E-state index contributed by atoms with van der Waals surface area (Å²) in [6.45, 7) is 4.84. The summed E-state index contributed by atoms with van der Waals surface area (Å²) in [6, 6.07) is 22.9. The Labute approximate surface area is 201 Å². The molecule has 0 bridgehead atoms. The van der Waals surface area contributed by atoms with Crippen molar-refractivity contribution in [3.05, 3.63) is 107 Å². The van der Waals surface area contributed by atoms with Gasteiger partial charge in [-0.05, 0) is 47.7 Å². The SMILES string of the molecule is CCCCNC(=O)[C@@H](Cc1ccccc1)N(Cc1ccc(F)cc1)C(=O)Cc1ccccc1C. The predicted molar refractivity (Wildman–Crippen MR) is 134 cm³/mol. The Morgan fingerprint density at radius 3 is 2.26 bits per heavy atom.